The lowest BCUT2D eigenvalue weighted by atomic mass is 10.2. The van der Waals surface area contributed by atoms with E-state index >= 15 is 0 Å². The molecule has 0 heterocycles. The van der Waals surface area contributed by atoms with E-state index in [2.05, 4.69) is 24.5 Å². The second kappa shape index (κ2) is 15.4. The number of hydrogen-bond acceptors (Lipinski definition) is 5. The summed E-state index contributed by atoms with van der Waals surface area (Å²) < 4.78 is 4.70. The summed E-state index contributed by atoms with van der Waals surface area (Å²) in [6, 6.07) is 0. The maximum atomic E-state index is 11.4. The molecule has 2 N–H and O–H groups in total. The van der Waals surface area contributed by atoms with Crippen LogP contribution in [0.15, 0.2) is 0 Å². The number of carbonyl (C=O) groups is 2. The van der Waals surface area contributed by atoms with Gasteiger partial charge in [-0.1, -0.05) is 52.4 Å². The molecule has 0 unspecified atom stereocenters. The molecule has 0 atom stereocenters. The summed E-state index contributed by atoms with van der Waals surface area (Å²) in [6.45, 7) is 6.11. The molecule has 0 aliphatic carbocycles. The van der Waals surface area contributed by atoms with Crippen LogP contribution in [-0.4, -0.2) is 38.1 Å². The summed E-state index contributed by atoms with van der Waals surface area (Å²) in [5, 5.41) is 5.99. The largest absolute Gasteiger partial charge is 0.391 e. The van der Waals surface area contributed by atoms with Gasteiger partial charge in [-0.2, -0.15) is 0 Å². The molecule has 0 aromatic rings. The van der Waals surface area contributed by atoms with E-state index in [1.54, 1.807) is 0 Å². The second-order valence-corrected chi connectivity index (χ2v) is 5.32. The first-order valence-corrected chi connectivity index (χ1v) is 8.35. The predicted octanol–water partition coefficient (Wildman–Crippen LogP) is 2.40. The van der Waals surface area contributed by atoms with E-state index in [1.807, 2.05) is 0 Å². The van der Waals surface area contributed by atoms with E-state index in [9.17, 15) is 9.59 Å². The van der Waals surface area contributed by atoms with Crippen LogP contribution in [0.1, 0.15) is 65.2 Å². The lowest BCUT2D eigenvalue weighted by Gasteiger charge is -2.06. The van der Waals surface area contributed by atoms with Gasteiger partial charge in [-0.25, -0.2) is 0 Å². The van der Waals surface area contributed by atoms with E-state index in [0.29, 0.717) is 0 Å². The van der Waals surface area contributed by atoms with Crippen molar-refractivity contribution < 1.29 is 14.3 Å². The number of nitrogens with one attached hydrogen (secondary N) is 2. The zero-order valence-corrected chi connectivity index (χ0v) is 13.7. The van der Waals surface area contributed by atoms with Crippen molar-refractivity contribution in [2.24, 2.45) is 0 Å². The highest BCUT2D eigenvalue weighted by atomic mass is 16.6. The van der Waals surface area contributed by atoms with Gasteiger partial charge in [0.15, 0.2) is 0 Å². The molecule has 124 valence electrons. The Morgan fingerprint density at radius 1 is 0.714 bits per heavy atom. The summed E-state index contributed by atoms with van der Waals surface area (Å²) in [6.07, 6.45) is 9.26. The van der Waals surface area contributed by atoms with Gasteiger partial charge < -0.3 is 15.4 Å². The van der Waals surface area contributed by atoms with Gasteiger partial charge in [0.2, 0.25) is 0 Å². The minimum absolute atomic E-state index is 0.106. The van der Waals surface area contributed by atoms with Crippen LogP contribution in [0.5, 0.6) is 0 Å². The van der Waals surface area contributed by atoms with E-state index in [1.165, 1.54) is 38.5 Å². The first-order valence-electron chi connectivity index (χ1n) is 8.35. The Kier molecular flexibility index (Phi) is 14.8. The Morgan fingerprint density at radius 2 is 1.14 bits per heavy atom. The third-order valence-corrected chi connectivity index (χ3v) is 3.18. The molecule has 5 nitrogen and oxygen atoms in total. The van der Waals surface area contributed by atoms with Crippen LogP contribution >= 0.6 is 0 Å². The molecule has 21 heavy (non-hydrogen) atoms. The Labute approximate surface area is 129 Å². The summed E-state index contributed by atoms with van der Waals surface area (Å²) in [5.74, 6) is -0.994. The lowest BCUT2D eigenvalue weighted by molar-refractivity contribution is -0.158. The maximum absolute atomic E-state index is 11.4. The summed E-state index contributed by atoms with van der Waals surface area (Å²) in [5.41, 5.74) is 0. The number of rotatable bonds is 14. The van der Waals surface area contributed by atoms with Crippen molar-refractivity contribution in [2.75, 3.05) is 26.2 Å². The summed E-state index contributed by atoms with van der Waals surface area (Å²) in [4.78, 5) is 22.8. The molecule has 0 spiro atoms. The van der Waals surface area contributed by atoms with Crippen molar-refractivity contribution in [3.8, 4) is 0 Å². The van der Waals surface area contributed by atoms with Crippen LogP contribution < -0.4 is 10.6 Å². The van der Waals surface area contributed by atoms with Crippen molar-refractivity contribution in [1.82, 2.24) is 10.6 Å². The molecule has 0 radical (unpaired) electrons. The zero-order chi connectivity index (χ0) is 15.8. The molecule has 0 fully saturated rings. The molecule has 0 aliphatic rings. The molecular formula is C16H32N2O3. The Morgan fingerprint density at radius 3 is 1.52 bits per heavy atom. The van der Waals surface area contributed by atoms with Crippen molar-refractivity contribution in [3.63, 3.8) is 0 Å². The number of ether oxygens (including phenoxy) is 1. The van der Waals surface area contributed by atoms with Gasteiger partial charge in [-0.3, -0.25) is 9.59 Å². The number of hydrogen-bond donors (Lipinski definition) is 2. The highest BCUT2D eigenvalue weighted by molar-refractivity contribution is 5.87. The Balaban J connectivity index is 3.38. The Hall–Kier alpha value is -0.940. The molecule has 0 aromatic carbocycles. The highest BCUT2D eigenvalue weighted by Crippen LogP contribution is 1.97. The van der Waals surface area contributed by atoms with Gasteiger partial charge in [0.1, 0.15) is 0 Å². The molecule has 0 aliphatic heterocycles. The van der Waals surface area contributed by atoms with E-state index in [4.69, 9.17) is 4.74 Å². The van der Waals surface area contributed by atoms with Gasteiger partial charge in [-0.15, -0.1) is 0 Å². The van der Waals surface area contributed by atoms with Gasteiger partial charge in [-0.05, 0) is 25.9 Å². The molecular weight excluding hydrogens is 268 g/mol. The monoisotopic (exact) mass is 300 g/mol. The number of esters is 2. The van der Waals surface area contributed by atoms with Crippen LogP contribution in [0.2, 0.25) is 0 Å². The van der Waals surface area contributed by atoms with Crippen molar-refractivity contribution in [2.45, 2.75) is 65.2 Å². The smallest absolute Gasteiger partial charge is 0.327 e. The third-order valence-electron chi connectivity index (χ3n) is 3.18. The van der Waals surface area contributed by atoms with Crippen molar-refractivity contribution in [3.05, 3.63) is 0 Å². The average molecular weight is 300 g/mol. The van der Waals surface area contributed by atoms with Crippen LogP contribution in [0.25, 0.3) is 0 Å². The quantitative estimate of drug-likeness (QED) is 0.293. The standard InChI is InChI=1S/C16H32N2O3/c1-3-5-7-9-11-17-13-15(19)21-16(20)14-18-12-10-8-6-4-2/h17-18H,3-14H2,1-2H3. The van der Waals surface area contributed by atoms with Crippen LogP contribution in [0.3, 0.4) is 0 Å². The second-order valence-electron chi connectivity index (χ2n) is 5.32. The fourth-order valence-electron chi connectivity index (χ4n) is 1.93. The van der Waals surface area contributed by atoms with E-state index in [-0.39, 0.29) is 13.1 Å². The lowest BCUT2D eigenvalue weighted by Crippen LogP contribution is -2.31. The van der Waals surface area contributed by atoms with Crippen LogP contribution in [-0.2, 0) is 14.3 Å². The number of unbranched alkanes of at least 4 members (excludes halogenated alkanes) is 6. The maximum Gasteiger partial charge on any atom is 0.327 e. The molecule has 0 saturated carbocycles. The van der Waals surface area contributed by atoms with Gasteiger partial charge >= 0.3 is 11.9 Å². The van der Waals surface area contributed by atoms with Crippen molar-refractivity contribution in [1.29, 1.82) is 0 Å². The summed E-state index contributed by atoms with van der Waals surface area (Å²) in [7, 11) is 0. The molecule has 0 aromatic heterocycles. The average Bonchev–Trinajstić information content (AvgIpc) is 2.46. The highest BCUT2D eigenvalue weighted by Gasteiger charge is 2.09. The first-order chi connectivity index (χ1) is 10.2. The fourth-order valence-corrected chi connectivity index (χ4v) is 1.93. The van der Waals surface area contributed by atoms with Crippen LogP contribution in [0, 0.1) is 0 Å². The normalized spacial score (nSPS) is 10.6. The zero-order valence-electron chi connectivity index (χ0n) is 13.7. The first kappa shape index (κ1) is 20.1. The molecule has 0 amide bonds. The van der Waals surface area contributed by atoms with Crippen LogP contribution in [0.4, 0.5) is 0 Å². The summed E-state index contributed by atoms with van der Waals surface area (Å²) >= 11 is 0. The molecule has 5 heteroatoms. The van der Waals surface area contributed by atoms with Crippen molar-refractivity contribution >= 4 is 11.9 Å². The fraction of sp³-hybridized carbons (Fsp3) is 0.875. The van der Waals surface area contributed by atoms with E-state index in [0.717, 1.165) is 25.9 Å². The van der Waals surface area contributed by atoms with E-state index < -0.39 is 11.9 Å². The van der Waals surface area contributed by atoms with Gasteiger partial charge in [0, 0.05) is 0 Å². The SMILES string of the molecule is CCCCCCNCC(=O)OC(=O)CNCCCCCC. The third kappa shape index (κ3) is 15.3. The topological polar surface area (TPSA) is 67.4 Å². The molecule has 0 bridgehead atoms. The Bertz CT molecular complexity index is 244. The predicted molar refractivity (Wildman–Crippen MR) is 85.1 cm³/mol. The number of carbonyl (C=O) groups excluding carboxylic acids is 2. The minimum atomic E-state index is -0.497. The minimum Gasteiger partial charge on any atom is -0.391 e. The molecule has 0 saturated heterocycles. The molecule has 0 rings (SSSR count). The van der Waals surface area contributed by atoms with Gasteiger partial charge in [0.25, 0.3) is 0 Å². The van der Waals surface area contributed by atoms with Gasteiger partial charge in [0.05, 0.1) is 13.1 Å².